The van der Waals surface area contributed by atoms with Crippen LogP contribution in [0.2, 0.25) is 0 Å². The Kier molecular flexibility index (Phi) is 3.03. The fourth-order valence-electron chi connectivity index (χ4n) is 2.04. The number of aryl methyl sites for hydroxylation is 1. The van der Waals surface area contributed by atoms with E-state index in [4.69, 9.17) is 0 Å². The lowest BCUT2D eigenvalue weighted by Gasteiger charge is -2.29. The van der Waals surface area contributed by atoms with E-state index < -0.39 is 0 Å². The maximum Gasteiger partial charge on any atom is 0.279 e. The molecule has 0 atom stereocenters. The minimum absolute atomic E-state index is 0.222. The smallest absolute Gasteiger partial charge is 0.279 e. The molecule has 0 N–H and O–H groups in total. The van der Waals surface area contributed by atoms with Gasteiger partial charge in [-0.15, -0.1) is 0 Å². The van der Waals surface area contributed by atoms with E-state index in [9.17, 15) is 9.59 Å². The summed E-state index contributed by atoms with van der Waals surface area (Å²) in [5.74, 6) is 0. The predicted molar refractivity (Wildman–Crippen MR) is 60.9 cm³/mol. The number of hydrogen-bond acceptors (Lipinski definition) is 4. The van der Waals surface area contributed by atoms with Gasteiger partial charge in [-0.1, -0.05) is 0 Å². The molecule has 0 spiro atoms. The maximum atomic E-state index is 11.7. The van der Waals surface area contributed by atoms with Gasteiger partial charge < -0.3 is 4.90 Å². The number of rotatable bonds is 2. The first-order valence-electron chi connectivity index (χ1n) is 5.50. The van der Waals surface area contributed by atoms with Gasteiger partial charge >= 0.3 is 0 Å². The molecule has 1 fully saturated rings. The van der Waals surface area contributed by atoms with Crippen LogP contribution in [0.1, 0.15) is 29.6 Å². The van der Waals surface area contributed by atoms with Crippen LogP contribution in [0, 0.1) is 0 Å². The van der Waals surface area contributed by atoms with Crippen molar-refractivity contribution in [1.29, 1.82) is 0 Å². The Morgan fingerprint density at radius 1 is 1.31 bits per heavy atom. The lowest BCUT2D eigenvalue weighted by atomic mass is 10.1. The molecule has 0 amide bonds. The van der Waals surface area contributed by atoms with Crippen LogP contribution >= 0.6 is 0 Å². The fourth-order valence-corrected chi connectivity index (χ4v) is 2.04. The van der Waals surface area contributed by atoms with E-state index >= 15 is 0 Å². The van der Waals surface area contributed by atoms with E-state index in [0.29, 0.717) is 12.0 Å². The van der Waals surface area contributed by atoms with Gasteiger partial charge in [0.15, 0.2) is 6.29 Å². The quantitative estimate of drug-likeness (QED) is 0.686. The second-order valence-corrected chi connectivity index (χ2v) is 4.04. The van der Waals surface area contributed by atoms with E-state index in [1.165, 1.54) is 11.1 Å². The molecule has 86 valence electrons. The van der Waals surface area contributed by atoms with Crippen molar-refractivity contribution >= 4 is 12.0 Å². The van der Waals surface area contributed by atoms with Crippen LogP contribution in [-0.2, 0) is 7.05 Å². The normalized spacial score (nSPS) is 16.2. The number of aromatic nitrogens is 2. The lowest BCUT2D eigenvalue weighted by Crippen LogP contribution is -2.34. The summed E-state index contributed by atoms with van der Waals surface area (Å²) in [6.07, 6.45) is 5.66. The zero-order valence-electron chi connectivity index (χ0n) is 9.35. The highest BCUT2D eigenvalue weighted by molar-refractivity contribution is 5.83. The number of anilines is 1. The van der Waals surface area contributed by atoms with Crippen LogP contribution in [0.3, 0.4) is 0 Å². The summed E-state index contributed by atoms with van der Waals surface area (Å²) < 4.78 is 1.19. The Morgan fingerprint density at radius 2 is 2.00 bits per heavy atom. The summed E-state index contributed by atoms with van der Waals surface area (Å²) in [6.45, 7) is 1.80. The largest absolute Gasteiger partial charge is 0.369 e. The molecule has 1 aliphatic heterocycles. The number of piperidine rings is 1. The second-order valence-electron chi connectivity index (χ2n) is 4.04. The molecule has 1 aromatic heterocycles. The van der Waals surface area contributed by atoms with Crippen molar-refractivity contribution in [2.75, 3.05) is 18.0 Å². The Morgan fingerprint density at radius 3 is 2.62 bits per heavy atom. The summed E-state index contributed by atoms with van der Waals surface area (Å²) in [5.41, 5.74) is 0.579. The van der Waals surface area contributed by atoms with Crippen LogP contribution in [-0.4, -0.2) is 29.2 Å². The van der Waals surface area contributed by atoms with Crippen LogP contribution in [0.25, 0.3) is 0 Å². The van der Waals surface area contributed by atoms with Gasteiger partial charge in [0.25, 0.3) is 5.56 Å². The first-order chi connectivity index (χ1) is 7.74. The number of nitrogens with zero attached hydrogens (tertiary/aromatic N) is 3. The summed E-state index contributed by atoms with van der Waals surface area (Å²) in [4.78, 5) is 24.8. The molecule has 5 heteroatoms. The fraction of sp³-hybridized carbons (Fsp3) is 0.545. The molecule has 2 rings (SSSR count). The topological polar surface area (TPSA) is 55.2 Å². The van der Waals surface area contributed by atoms with Crippen molar-refractivity contribution in [2.24, 2.45) is 7.05 Å². The van der Waals surface area contributed by atoms with Crippen molar-refractivity contribution in [3.8, 4) is 0 Å². The van der Waals surface area contributed by atoms with Crippen LogP contribution in [0.4, 0.5) is 5.69 Å². The van der Waals surface area contributed by atoms with Gasteiger partial charge in [0.05, 0.1) is 11.9 Å². The van der Waals surface area contributed by atoms with Crippen molar-refractivity contribution < 1.29 is 4.79 Å². The van der Waals surface area contributed by atoms with Gasteiger partial charge in [0.1, 0.15) is 5.56 Å². The van der Waals surface area contributed by atoms with Crippen LogP contribution in [0.15, 0.2) is 11.0 Å². The lowest BCUT2D eigenvalue weighted by molar-refractivity contribution is 0.112. The van der Waals surface area contributed by atoms with Crippen molar-refractivity contribution in [3.05, 3.63) is 22.1 Å². The summed E-state index contributed by atoms with van der Waals surface area (Å²) in [6, 6.07) is 0. The molecule has 0 aliphatic carbocycles. The third kappa shape index (κ3) is 1.85. The molecule has 2 heterocycles. The molecule has 0 radical (unpaired) electrons. The van der Waals surface area contributed by atoms with E-state index in [1.54, 1.807) is 13.2 Å². The molecule has 5 nitrogen and oxygen atoms in total. The highest BCUT2D eigenvalue weighted by Crippen LogP contribution is 2.19. The monoisotopic (exact) mass is 221 g/mol. The molecule has 1 saturated heterocycles. The van der Waals surface area contributed by atoms with Crippen molar-refractivity contribution in [2.45, 2.75) is 19.3 Å². The third-order valence-corrected chi connectivity index (χ3v) is 2.97. The molecule has 1 aromatic rings. The second kappa shape index (κ2) is 4.47. The van der Waals surface area contributed by atoms with Gasteiger partial charge in [0, 0.05) is 20.1 Å². The molecular weight excluding hydrogens is 206 g/mol. The third-order valence-electron chi connectivity index (χ3n) is 2.97. The minimum atomic E-state index is -0.321. The summed E-state index contributed by atoms with van der Waals surface area (Å²) in [5, 5.41) is 3.97. The van der Waals surface area contributed by atoms with Gasteiger partial charge in [-0.3, -0.25) is 9.59 Å². The Labute approximate surface area is 93.7 Å². The number of hydrogen-bond donors (Lipinski definition) is 0. The van der Waals surface area contributed by atoms with E-state index in [-0.39, 0.29) is 11.1 Å². The first kappa shape index (κ1) is 10.9. The average molecular weight is 221 g/mol. The van der Waals surface area contributed by atoms with E-state index in [2.05, 4.69) is 10.00 Å². The zero-order valence-corrected chi connectivity index (χ0v) is 9.35. The predicted octanol–water partition coefficient (Wildman–Crippen LogP) is 0.583. The van der Waals surface area contributed by atoms with Crippen LogP contribution in [0.5, 0.6) is 0 Å². The van der Waals surface area contributed by atoms with Gasteiger partial charge in [-0.2, -0.15) is 5.10 Å². The standard InChI is InChI=1S/C11H15N3O2/c1-13-11(16)9(8-15)10(7-12-13)14-5-3-2-4-6-14/h7-8H,2-6H2,1H3. The molecular formula is C11H15N3O2. The minimum Gasteiger partial charge on any atom is -0.369 e. The highest BCUT2D eigenvalue weighted by atomic mass is 16.1. The zero-order chi connectivity index (χ0) is 11.5. The number of aldehydes is 1. The Hall–Kier alpha value is -1.65. The molecule has 0 aromatic carbocycles. The molecule has 1 aliphatic rings. The van der Waals surface area contributed by atoms with Gasteiger partial charge in [-0.05, 0) is 19.3 Å². The summed E-state index contributed by atoms with van der Waals surface area (Å²) in [7, 11) is 1.55. The molecule has 0 bridgehead atoms. The Balaban J connectivity index is 2.43. The first-order valence-corrected chi connectivity index (χ1v) is 5.50. The van der Waals surface area contributed by atoms with Gasteiger partial charge in [0.2, 0.25) is 0 Å². The number of carbonyl (C=O) groups is 1. The van der Waals surface area contributed by atoms with Crippen LogP contribution < -0.4 is 10.5 Å². The van der Waals surface area contributed by atoms with Gasteiger partial charge in [-0.25, -0.2) is 4.68 Å². The summed E-state index contributed by atoms with van der Waals surface area (Å²) >= 11 is 0. The Bertz CT molecular complexity index is 447. The molecule has 0 unspecified atom stereocenters. The number of carbonyl (C=O) groups excluding carboxylic acids is 1. The van der Waals surface area contributed by atoms with Crippen molar-refractivity contribution in [1.82, 2.24) is 9.78 Å². The van der Waals surface area contributed by atoms with Crippen molar-refractivity contribution in [3.63, 3.8) is 0 Å². The van der Waals surface area contributed by atoms with E-state index in [1.807, 2.05) is 0 Å². The average Bonchev–Trinajstić information content (AvgIpc) is 2.33. The molecule has 0 saturated carbocycles. The highest BCUT2D eigenvalue weighted by Gasteiger charge is 2.17. The molecule has 16 heavy (non-hydrogen) atoms. The SMILES string of the molecule is Cn1ncc(N2CCCCC2)c(C=O)c1=O. The maximum absolute atomic E-state index is 11.7. The van der Waals surface area contributed by atoms with E-state index in [0.717, 1.165) is 25.9 Å².